The Morgan fingerprint density at radius 3 is 1.95 bits per heavy atom. The van der Waals surface area contributed by atoms with Gasteiger partial charge in [0.1, 0.15) is 0 Å². The minimum atomic E-state index is 0.477. The fraction of sp³-hybridized carbons (Fsp3) is 0.895. The Morgan fingerprint density at radius 1 is 1.05 bits per heavy atom. The zero-order valence-electron chi connectivity index (χ0n) is 14.3. The highest BCUT2D eigenvalue weighted by molar-refractivity contribution is 5.13. The summed E-state index contributed by atoms with van der Waals surface area (Å²) in [6.45, 7) is 14.2. The first-order chi connectivity index (χ1) is 9.12. The molecule has 0 radical (unpaired) electrons. The van der Waals surface area contributed by atoms with Crippen molar-refractivity contribution in [1.82, 2.24) is 0 Å². The van der Waals surface area contributed by atoms with Crippen LogP contribution in [0, 0.1) is 23.2 Å². The molecule has 0 saturated heterocycles. The van der Waals surface area contributed by atoms with E-state index in [0.717, 1.165) is 17.8 Å². The van der Waals surface area contributed by atoms with Crippen LogP contribution in [0.25, 0.3) is 0 Å². The highest BCUT2D eigenvalue weighted by atomic mass is 14.5. The van der Waals surface area contributed by atoms with Gasteiger partial charge < -0.3 is 0 Å². The molecule has 0 aromatic carbocycles. The third kappa shape index (κ3) is 3.64. The highest BCUT2D eigenvalue weighted by Gasteiger charge is 2.47. The van der Waals surface area contributed by atoms with Crippen LogP contribution in [0.2, 0.25) is 0 Å². The molecule has 1 aliphatic rings. The third-order valence-corrected chi connectivity index (χ3v) is 5.91. The molecule has 0 amide bonds. The molecular weight excluding hydrogens is 228 g/mol. The maximum atomic E-state index is 2.70. The summed E-state index contributed by atoms with van der Waals surface area (Å²) in [5.74, 6) is 2.96. The van der Waals surface area contributed by atoms with Crippen LogP contribution in [0.1, 0.15) is 86.5 Å². The monoisotopic (exact) mass is 264 g/mol. The van der Waals surface area contributed by atoms with Crippen molar-refractivity contribution in [2.45, 2.75) is 86.5 Å². The topological polar surface area (TPSA) is 0 Å². The predicted octanol–water partition coefficient (Wildman–Crippen LogP) is 6.61. The van der Waals surface area contributed by atoms with E-state index in [-0.39, 0.29) is 0 Å². The molecule has 112 valence electrons. The van der Waals surface area contributed by atoms with Crippen LogP contribution in [0.5, 0.6) is 0 Å². The van der Waals surface area contributed by atoms with E-state index >= 15 is 0 Å². The summed E-state index contributed by atoms with van der Waals surface area (Å²) < 4.78 is 0. The van der Waals surface area contributed by atoms with Gasteiger partial charge in [-0.05, 0) is 55.3 Å². The summed E-state index contributed by atoms with van der Waals surface area (Å²) in [7, 11) is 0. The van der Waals surface area contributed by atoms with E-state index in [1.165, 1.54) is 44.9 Å². The molecule has 0 aromatic heterocycles. The average molecular weight is 264 g/mol. The Kier molecular flexibility index (Phi) is 6.63. The van der Waals surface area contributed by atoms with Crippen LogP contribution in [0.15, 0.2) is 11.6 Å². The summed E-state index contributed by atoms with van der Waals surface area (Å²) >= 11 is 0. The van der Waals surface area contributed by atoms with Crippen molar-refractivity contribution in [2.24, 2.45) is 23.2 Å². The number of hydrogen-bond acceptors (Lipinski definition) is 0. The van der Waals surface area contributed by atoms with E-state index in [1.54, 1.807) is 5.57 Å². The van der Waals surface area contributed by atoms with Crippen LogP contribution >= 0.6 is 0 Å². The van der Waals surface area contributed by atoms with E-state index in [4.69, 9.17) is 0 Å². The van der Waals surface area contributed by atoms with Crippen LogP contribution in [0.4, 0.5) is 0 Å². The van der Waals surface area contributed by atoms with Crippen molar-refractivity contribution in [3.05, 3.63) is 11.6 Å². The van der Waals surface area contributed by atoms with Gasteiger partial charge in [-0.1, -0.05) is 66.0 Å². The quantitative estimate of drug-likeness (QED) is 0.411. The molecule has 19 heavy (non-hydrogen) atoms. The van der Waals surface area contributed by atoms with Gasteiger partial charge in [0.15, 0.2) is 0 Å². The van der Waals surface area contributed by atoms with Crippen molar-refractivity contribution < 1.29 is 0 Å². The lowest BCUT2D eigenvalue weighted by Gasteiger charge is -2.38. The van der Waals surface area contributed by atoms with Crippen LogP contribution in [0.3, 0.4) is 0 Å². The Morgan fingerprint density at radius 2 is 1.63 bits per heavy atom. The van der Waals surface area contributed by atoms with E-state index < -0.39 is 0 Å². The third-order valence-electron chi connectivity index (χ3n) is 5.91. The predicted molar refractivity (Wildman–Crippen MR) is 87.3 cm³/mol. The average Bonchev–Trinajstić information content (AvgIpc) is 3.23. The van der Waals surface area contributed by atoms with E-state index in [0.29, 0.717) is 5.41 Å². The Balaban J connectivity index is 2.99. The molecule has 0 aromatic rings. The van der Waals surface area contributed by atoms with E-state index in [2.05, 4.69) is 47.6 Å². The molecule has 0 aliphatic heterocycles. The van der Waals surface area contributed by atoms with Crippen LogP contribution in [-0.2, 0) is 0 Å². The van der Waals surface area contributed by atoms with Crippen molar-refractivity contribution in [3.8, 4) is 0 Å². The summed E-state index contributed by atoms with van der Waals surface area (Å²) in [5.41, 5.74) is 2.15. The summed E-state index contributed by atoms with van der Waals surface area (Å²) in [6.07, 6.45) is 12.1. The molecule has 3 unspecified atom stereocenters. The molecular formula is C19H36. The Hall–Kier alpha value is -0.260. The zero-order valence-corrected chi connectivity index (χ0v) is 14.3. The van der Waals surface area contributed by atoms with Crippen LogP contribution in [-0.4, -0.2) is 0 Å². The lowest BCUT2D eigenvalue weighted by atomic mass is 9.66. The minimum absolute atomic E-state index is 0.477. The zero-order chi connectivity index (χ0) is 14.5. The molecule has 0 nitrogen and oxygen atoms in total. The molecule has 0 heteroatoms. The van der Waals surface area contributed by atoms with Gasteiger partial charge in [-0.25, -0.2) is 0 Å². The molecule has 1 rings (SSSR count). The highest BCUT2D eigenvalue weighted by Crippen LogP contribution is 2.56. The largest absolute Gasteiger partial charge is 0.0789 e. The number of rotatable bonds is 9. The lowest BCUT2D eigenvalue weighted by molar-refractivity contribution is 0.168. The molecule has 3 atom stereocenters. The SMILES string of the molecule is CCC(=CC(CC)(CC)C(CC)C1CC1CC)CC. The van der Waals surface area contributed by atoms with Crippen molar-refractivity contribution in [1.29, 1.82) is 0 Å². The fourth-order valence-electron chi connectivity index (χ4n) is 4.32. The first-order valence-corrected chi connectivity index (χ1v) is 8.82. The lowest BCUT2D eigenvalue weighted by Crippen LogP contribution is -2.30. The maximum absolute atomic E-state index is 2.70. The van der Waals surface area contributed by atoms with Gasteiger partial charge in [0, 0.05) is 0 Å². The minimum Gasteiger partial charge on any atom is -0.0789 e. The first kappa shape index (κ1) is 16.8. The van der Waals surface area contributed by atoms with Gasteiger partial charge >= 0.3 is 0 Å². The molecule has 0 heterocycles. The standard InChI is InChI=1S/C19H36/c1-7-15(8-2)14-19(11-5,12-6)18(10-4)17-13-16(17)9-3/h14,16-18H,7-13H2,1-6H3. The van der Waals surface area contributed by atoms with E-state index in [1.807, 2.05) is 0 Å². The van der Waals surface area contributed by atoms with Gasteiger partial charge in [0.05, 0.1) is 0 Å². The van der Waals surface area contributed by atoms with Crippen molar-refractivity contribution in [3.63, 3.8) is 0 Å². The molecule has 1 aliphatic carbocycles. The van der Waals surface area contributed by atoms with Gasteiger partial charge in [-0.15, -0.1) is 0 Å². The molecule has 0 bridgehead atoms. The number of hydrogen-bond donors (Lipinski definition) is 0. The second-order valence-corrected chi connectivity index (χ2v) is 6.53. The van der Waals surface area contributed by atoms with Gasteiger partial charge in [-0.2, -0.15) is 0 Å². The van der Waals surface area contributed by atoms with Gasteiger partial charge in [-0.3, -0.25) is 0 Å². The molecule has 1 saturated carbocycles. The normalized spacial score (nSPS) is 24.1. The number of allylic oxidation sites excluding steroid dienone is 2. The molecule has 0 spiro atoms. The smallest absolute Gasteiger partial charge is 0.00899 e. The first-order valence-electron chi connectivity index (χ1n) is 8.82. The van der Waals surface area contributed by atoms with Crippen LogP contribution < -0.4 is 0 Å². The van der Waals surface area contributed by atoms with Crippen molar-refractivity contribution in [2.75, 3.05) is 0 Å². The Labute approximate surface area is 122 Å². The maximum Gasteiger partial charge on any atom is -0.00899 e. The van der Waals surface area contributed by atoms with Gasteiger partial charge in [0.25, 0.3) is 0 Å². The fourth-order valence-corrected chi connectivity index (χ4v) is 4.32. The van der Waals surface area contributed by atoms with E-state index in [9.17, 15) is 0 Å². The summed E-state index contributed by atoms with van der Waals surface area (Å²) in [4.78, 5) is 0. The Bertz CT molecular complexity index is 276. The molecule has 1 fully saturated rings. The summed E-state index contributed by atoms with van der Waals surface area (Å²) in [6, 6.07) is 0. The summed E-state index contributed by atoms with van der Waals surface area (Å²) in [5, 5.41) is 0. The second kappa shape index (κ2) is 7.50. The van der Waals surface area contributed by atoms with Crippen molar-refractivity contribution >= 4 is 0 Å². The second-order valence-electron chi connectivity index (χ2n) is 6.53. The van der Waals surface area contributed by atoms with Gasteiger partial charge in [0.2, 0.25) is 0 Å². The molecule has 0 N–H and O–H groups in total.